The minimum absolute atomic E-state index is 0.0566. The van der Waals surface area contributed by atoms with Crippen LogP contribution in [0.15, 0.2) is 46.9 Å². The zero-order chi connectivity index (χ0) is 21.0. The number of hydrogen-bond donors (Lipinski definition) is 2. The lowest BCUT2D eigenvalue weighted by Gasteiger charge is -2.34. The Morgan fingerprint density at radius 3 is 2.69 bits per heavy atom. The zero-order valence-corrected chi connectivity index (χ0v) is 18.9. The summed E-state index contributed by atoms with van der Waals surface area (Å²) in [6, 6.07) is 13.9. The van der Waals surface area contributed by atoms with Gasteiger partial charge >= 0.3 is 0 Å². The molecule has 2 aromatic carbocycles. The third-order valence-corrected chi connectivity index (χ3v) is 6.20. The van der Waals surface area contributed by atoms with Crippen LogP contribution in [0, 0.1) is 0 Å². The molecule has 1 unspecified atom stereocenters. The molecule has 0 spiro atoms. The van der Waals surface area contributed by atoms with E-state index in [1.54, 1.807) is 12.1 Å². The number of amides is 1. The molecule has 0 saturated heterocycles. The molecule has 2 aromatic rings. The average molecular weight is 460 g/mol. The van der Waals surface area contributed by atoms with Crippen LogP contribution in [0.25, 0.3) is 0 Å². The molecular formula is C23H30BrN3O2. The van der Waals surface area contributed by atoms with Crippen LogP contribution in [0.2, 0.25) is 0 Å². The fourth-order valence-electron chi connectivity index (χ4n) is 3.91. The number of rotatable bonds is 7. The minimum Gasteiger partial charge on any atom is -0.508 e. The summed E-state index contributed by atoms with van der Waals surface area (Å²) in [7, 11) is 6.19. The van der Waals surface area contributed by atoms with Crippen molar-refractivity contribution in [1.82, 2.24) is 10.2 Å². The van der Waals surface area contributed by atoms with E-state index in [4.69, 9.17) is 0 Å². The number of nitrogens with one attached hydrogen (secondary N) is 1. The van der Waals surface area contributed by atoms with Gasteiger partial charge in [0.15, 0.2) is 0 Å². The van der Waals surface area contributed by atoms with Crippen molar-refractivity contribution in [3.63, 3.8) is 0 Å². The van der Waals surface area contributed by atoms with Crippen LogP contribution in [-0.4, -0.2) is 49.6 Å². The zero-order valence-electron chi connectivity index (χ0n) is 17.4. The Hall–Kier alpha value is -2.05. The Morgan fingerprint density at radius 2 is 2.00 bits per heavy atom. The molecule has 0 aliphatic carbocycles. The van der Waals surface area contributed by atoms with Crippen LogP contribution in [-0.2, 0) is 11.2 Å². The molecule has 0 fully saturated rings. The Balaban J connectivity index is 1.59. The molecule has 156 valence electrons. The molecule has 2 N–H and O–H groups in total. The molecule has 0 bridgehead atoms. The van der Waals surface area contributed by atoms with Crippen molar-refractivity contribution < 1.29 is 9.90 Å². The van der Waals surface area contributed by atoms with Crippen LogP contribution < -0.4 is 10.2 Å². The molecule has 0 saturated carbocycles. The van der Waals surface area contributed by atoms with Gasteiger partial charge in [0.05, 0.1) is 6.04 Å². The molecule has 1 aliphatic rings. The Kier molecular flexibility index (Phi) is 7.19. The lowest BCUT2D eigenvalue weighted by atomic mass is 9.96. The Morgan fingerprint density at radius 1 is 1.28 bits per heavy atom. The van der Waals surface area contributed by atoms with Crippen molar-refractivity contribution >= 4 is 27.5 Å². The third-order valence-electron chi connectivity index (χ3n) is 5.71. The quantitative estimate of drug-likeness (QED) is 0.653. The van der Waals surface area contributed by atoms with Crippen molar-refractivity contribution in [3.05, 3.63) is 58.1 Å². The summed E-state index contributed by atoms with van der Waals surface area (Å²) in [5.74, 6) is 0.377. The maximum atomic E-state index is 12.7. The smallest absolute Gasteiger partial charge is 0.220 e. The molecule has 1 amide bonds. The van der Waals surface area contributed by atoms with Gasteiger partial charge in [-0.3, -0.25) is 4.79 Å². The highest BCUT2D eigenvalue weighted by Crippen LogP contribution is 2.35. The molecule has 0 radical (unpaired) electrons. The van der Waals surface area contributed by atoms with Crippen LogP contribution in [0.1, 0.15) is 36.4 Å². The minimum atomic E-state index is 0.0566. The van der Waals surface area contributed by atoms with Crippen molar-refractivity contribution in [3.8, 4) is 5.75 Å². The standard InChI is InChI=1S/C23H30BrN3O2/c1-26(2)18(14-16-4-8-19(28)9-5-16)7-11-23(29)25-21-12-13-27(3)22-10-6-17(24)15-20(21)22/h4-6,8-10,15,18,21,28H,7,11-14H2,1-3H3,(H,25,29)/t18-,21?/m1/s1. The molecular weight excluding hydrogens is 430 g/mol. The predicted octanol–water partition coefficient (Wildman–Crippen LogP) is 4.11. The number of nitrogens with zero attached hydrogens (tertiary/aromatic N) is 2. The molecule has 6 heteroatoms. The lowest BCUT2D eigenvalue weighted by molar-refractivity contribution is -0.122. The summed E-state index contributed by atoms with van der Waals surface area (Å²) < 4.78 is 1.03. The van der Waals surface area contributed by atoms with Gasteiger partial charge in [-0.2, -0.15) is 0 Å². The van der Waals surface area contributed by atoms with E-state index in [0.29, 0.717) is 6.42 Å². The first kappa shape index (κ1) is 21.7. The number of aromatic hydroxyl groups is 1. The number of anilines is 1. The number of carbonyl (C=O) groups excluding carboxylic acids is 1. The van der Waals surface area contributed by atoms with Gasteiger partial charge in [0.1, 0.15) is 5.75 Å². The predicted molar refractivity (Wildman–Crippen MR) is 121 cm³/mol. The van der Waals surface area contributed by atoms with Crippen LogP contribution in [0.3, 0.4) is 0 Å². The van der Waals surface area contributed by atoms with Gasteiger partial charge in [0.2, 0.25) is 5.91 Å². The first-order chi connectivity index (χ1) is 13.8. The van der Waals surface area contributed by atoms with Crippen molar-refractivity contribution in [2.45, 2.75) is 37.8 Å². The number of benzene rings is 2. The number of phenols is 1. The van der Waals surface area contributed by atoms with E-state index in [1.807, 2.05) is 32.3 Å². The maximum Gasteiger partial charge on any atom is 0.220 e. The van der Waals surface area contributed by atoms with Crippen molar-refractivity contribution in [2.75, 3.05) is 32.6 Å². The third kappa shape index (κ3) is 5.73. The lowest BCUT2D eigenvalue weighted by Crippen LogP contribution is -2.37. The number of phenolic OH excluding ortho intramolecular Hbond substituents is 1. The Bertz CT molecular complexity index is 839. The van der Waals surface area contributed by atoms with E-state index in [0.717, 1.165) is 35.8 Å². The second-order valence-corrected chi connectivity index (χ2v) is 8.98. The Labute approximate surface area is 181 Å². The summed E-state index contributed by atoms with van der Waals surface area (Å²) in [5, 5.41) is 12.7. The largest absolute Gasteiger partial charge is 0.508 e. The van der Waals surface area contributed by atoms with Gasteiger partial charge in [-0.15, -0.1) is 0 Å². The molecule has 29 heavy (non-hydrogen) atoms. The summed E-state index contributed by atoms with van der Waals surface area (Å²) in [4.78, 5) is 17.1. The van der Waals surface area contributed by atoms with Crippen molar-refractivity contribution in [1.29, 1.82) is 0 Å². The molecule has 5 nitrogen and oxygen atoms in total. The number of carbonyl (C=O) groups is 1. The summed E-state index contributed by atoms with van der Waals surface area (Å²) in [6.45, 7) is 0.931. The van der Waals surface area contributed by atoms with E-state index in [2.05, 4.69) is 50.2 Å². The summed E-state index contributed by atoms with van der Waals surface area (Å²) >= 11 is 3.55. The first-order valence-corrected chi connectivity index (χ1v) is 10.9. The number of hydrogen-bond acceptors (Lipinski definition) is 4. The number of likely N-dealkylation sites (N-methyl/N-ethyl adjacent to an activating group) is 1. The molecule has 0 aromatic heterocycles. The van der Waals surface area contributed by atoms with E-state index in [9.17, 15) is 9.90 Å². The highest BCUT2D eigenvalue weighted by atomic mass is 79.9. The van der Waals surface area contributed by atoms with E-state index in [-0.39, 0.29) is 23.7 Å². The van der Waals surface area contributed by atoms with E-state index < -0.39 is 0 Å². The van der Waals surface area contributed by atoms with Gasteiger partial charge in [0, 0.05) is 36.2 Å². The van der Waals surface area contributed by atoms with Gasteiger partial charge in [0.25, 0.3) is 0 Å². The van der Waals surface area contributed by atoms with Gasteiger partial charge < -0.3 is 20.2 Å². The average Bonchev–Trinajstić information content (AvgIpc) is 2.68. The molecule has 2 atom stereocenters. The topological polar surface area (TPSA) is 55.8 Å². The maximum absolute atomic E-state index is 12.7. The van der Waals surface area contributed by atoms with Gasteiger partial charge in [-0.1, -0.05) is 28.1 Å². The van der Waals surface area contributed by atoms with Crippen LogP contribution in [0.5, 0.6) is 5.75 Å². The van der Waals surface area contributed by atoms with Crippen LogP contribution >= 0.6 is 15.9 Å². The van der Waals surface area contributed by atoms with Crippen LogP contribution in [0.4, 0.5) is 5.69 Å². The fourth-order valence-corrected chi connectivity index (χ4v) is 4.29. The summed E-state index contributed by atoms with van der Waals surface area (Å²) in [6.07, 6.45) is 3.05. The van der Waals surface area contributed by atoms with Gasteiger partial charge in [-0.05, 0) is 74.8 Å². The van der Waals surface area contributed by atoms with E-state index in [1.165, 1.54) is 11.3 Å². The fraction of sp³-hybridized carbons (Fsp3) is 0.435. The number of halogens is 1. The van der Waals surface area contributed by atoms with Gasteiger partial charge in [-0.25, -0.2) is 0 Å². The summed E-state index contributed by atoms with van der Waals surface area (Å²) in [5.41, 5.74) is 3.52. The van der Waals surface area contributed by atoms with Crippen molar-refractivity contribution in [2.24, 2.45) is 0 Å². The highest BCUT2D eigenvalue weighted by Gasteiger charge is 2.25. The second-order valence-electron chi connectivity index (χ2n) is 8.06. The SMILES string of the molecule is CN1CCC(NC(=O)CC[C@H](Cc2ccc(O)cc2)N(C)C)c2cc(Br)ccc21. The molecule has 3 rings (SSSR count). The monoisotopic (exact) mass is 459 g/mol. The molecule has 1 aliphatic heterocycles. The normalized spacial score (nSPS) is 17.1. The first-order valence-electron chi connectivity index (χ1n) is 10.1. The second kappa shape index (κ2) is 9.63. The van der Waals surface area contributed by atoms with E-state index >= 15 is 0 Å². The highest BCUT2D eigenvalue weighted by molar-refractivity contribution is 9.10. The number of fused-ring (bicyclic) bond motifs is 1. The molecule has 1 heterocycles.